The maximum Gasteiger partial charge on any atom is 0.144 e. The summed E-state index contributed by atoms with van der Waals surface area (Å²) in [5.41, 5.74) is -0.890. The summed E-state index contributed by atoms with van der Waals surface area (Å²) in [6.07, 6.45) is -0.0926. The Kier molecular flexibility index (Phi) is 2.41. The third kappa shape index (κ3) is 5.89. The zero-order valence-corrected chi connectivity index (χ0v) is 5.53. The predicted molar refractivity (Wildman–Crippen MR) is 30.9 cm³/mol. The van der Waals surface area contributed by atoms with Crippen LogP contribution >= 0.6 is 0 Å². The van der Waals surface area contributed by atoms with Gasteiger partial charge in [-0.1, -0.05) is 0 Å². The van der Waals surface area contributed by atoms with Crippen molar-refractivity contribution in [1.29, 1.82) is 0 Å². The smallest absolute Gasteiger partial charge is 0.144 e. The van der Waals surface area contributed by atoms with Crippen molar-refractivity contribution in [2.24, 2.45) is 0 Å². The van der Waals surface area contributed by atoms with Crippen LogP contribution in [0.2, 0.25) is 0 Å². The van der Waals surface area contributed by atoms with Crippen LogP contribution in [-0.4, -0.2) is 10.7 Å². The average Bonchev–Trinajstić information content (AvgIpc) is 1.21. The Hall–Kier alpha value is -0.110. The summed E-state index contributed by atoms with van der Waals surface area (Å²) in [5, 5.41) is 8.93. The monoisotopic (exact) mass is 119 g/mol. The Bertz CT molecular complexity index is 63.4. The molecule has 0 aliphatic rings. The Balaban J connectivity index is 3.39. The van der Waals surface area contributed by atoms with E-state index in [2.05, 4.69) is 0 Å². The molecule has 2 heteroatoms. The number of hydrogen-bond acceptors (Lipinski definition) is 1. The summed E-state index contributed by atoms with van der Waals surface area (Å²) < 4.78 is 12.0. The van der Waals surface area contributed by atoms with Crippen molar-refractivity contribution >= 4 is 0 Å². The lowest BCUT2D eigenvalue weighted by Gasteiger charge is -2.16. The molecule has 0 atom stereocenters. The van der Waals surface area contributed by atoms with Crippen LogP contribution in [0.3, 0.4) is 0 Å². The molecule has 0 amide bonds. The minimum atomic E-state index is -0.890. The molecule has 0 aromatic carbocycles. The van der Waals surface area contributed by atoms with Crippen LogP contribution < -0.4 is 0 Å². The predicted octanol–water partition coefficient (Wildman–Crippen LogP) is 1.67. The number of hydrogen-bond donors (Lipinski definition) is 1. The van der Waals surface area contributed by atoms with Crippen LogP contribution in [0.1, 0.15) is 27.2 Å². The van der Waals surface area contributed by atoms with Crippen LogP contribution in [0.25, 0.3) is 0 Å². The molecule has 8 heavy (non-hydrogen) atoms. The largest absolute Gasteiger partial charge is 0.390 e. The van der Waals surface area contributed by atoms with Gasteiger partial charge >= 0.3 is 0 Å². The van der Waals surface area contributed by atoms with Crippen LogP contribution in [0, 0.1) is 6.17 Å². The minimum Gasteiger partial charge on any atom is -0.390 e. The standard InChI is InChI=1S/C6H12FO/c1-5(7)4-6(2,3)8/h8H,4H2,1-3H3. The van der Waals surface area contributed by atoms with E-state index in [1.54, 1.807) is 13.8 Å². The van der Waals surface area contributed by atoms with Crippen molar-refractivity contribution in [2.45, 2.75) is 32.8 Å². The van der Waals surface area contributed by atoms with Gasteiger partial charge in [0.1, 0.15) is 6.17 Å². The van der Waals surface area contributed by atoms with Crippen LogP contribution in [0.5, 0.6) is 0 Å². The van der Waals surface area contributed by atoms with Crippen molar-refractivity contribution in [2.75, 3.05) is 0 Å². The number of aliphatic hydroxyl groups is 1. The van der Waals surface area contributed by atoms with Crippen molar-refractivity contribution in [3.63, 3.8) is 0 Å². The van der Waals surface area contributed by atoms with E-state index in [9.17, 15) is 4.39 Å². The molecule has 0 saturated carbocycles. The molecule has 0 heterocycles. The van der Waals surface area contributed by atoms with E-state index in [1.165, 1.54) is 6.92 Å². The molecule has 1 nitrogen and oxygen atoms in total. The van der Waals surface area contributed by atoms with Gasteiger partial charge < -0.3 is 5.11 Å². The molecule has 0 rings (SSSR count). The fourth-order valence-electron chi connectivity index (χ4n) is 0.596. The molecular formula is C6H12FO. The molecule has 49 valence electrons. The molecule has 0 unspecified atom stereocenters. The first kappa shape index (κ1) is 7.89. The van der Waals surface area contributed by atoms with Crippen molar-refractivity contribution in [3.05, 3.63) is 6.17 Å². The van der Waals surface area contributed by atoms with Gasteiger partial charge in [0.05, 0.1) is 5.60 Å². The lowest BCUT2D eigenvalue weighted by molar-refractivity contribution is 0.0658. The van der Waals surface area contributed by atoms with Gasteiger partial charge in [0.15, 0.2) is 0 Å². The molecule has 0 aromatic rings. The average molecular weight is 119 g/mol. The lowest BCUT2D eigenvalue weighted by Crippen LogP contribution is -2.19. The molecule has 0 bridgehead atoms. The first-order chi connectivity index (χ1) is 3.42. The number of halogens is 1. The Labute approximate surface area is 49.5 Å². The molecule has 0 aliphatic carbocycles. The maximum absolute atomic E-state index is 12.0. The van der Waals surface area contributed by atoms with Gasteiger partial charge in [0.2, 0.25) is 0 Å². The SMILES string of the molecule is C[C](F)CC(C)(C)O. The molecule has 0 aliphatic heterocycles. The summed E-state index contributed by atoms with van der Waals surface area (Å²) >= 11 is 0. The van der Waals surface area contributed by atoms with E-state index in [0.717, 1.165) is 0 Å². The Morgan fingerprint density at radius 2 is 2.00 bits per heavy atom. The summed E-state index contributed by atoms with van der Waals surface area (Å²) in [7, 11) is 0. The van der Waals surface area contributed by atoms with Crippen LogP contribution in [0.15, 0.2) is 0 Å². The highest BCUT2D eigenvalue weighted by Gasteiger charge is 2.16. The zero-order chi connectivity index (χ0) is 6.78. The molecular weight excluding hydrogens is 107 g/mol. The second-order valence-corrected chi connectivity index (χ2v) is 2.67. The van der Waals surface area contributed by atoms with Gasteiger partial charge in [-0.25, -0.2) is 4.39 Å². The molecule has 0 saturated heterocycles. The third-order valence-electron chi connectivity index (χ3n) is 0.676. The third-order valence-corrected chi connectivity index (χ3v) is 0.676. The molecule has 0 aromatic heterocycles. The fourth-order valence-corrected chi connectivity index (χ4v) is 0.596. The van der Waals surface area contributed by atoms with Crippen molar-refractivity contribution < 1.29 is 9.50 Å². The van der Waals surface area contributed by atoms with E-state index in [1.807, 2.05) is 0 Å². The van der Waals surface area contributed by atoms with E-state index in [-0.39, 0.29) is 12.6 Å². The van der Waals surface area contributed by atoms with Gasteiger partial charge in [0, 0.05) is 6.42 Å². The zero-order valence-electron chi connectivity index (χ0n) is 5.53. The Morgan fingerprint density at radius 3 is 2.00 bits per heavy atom. The van der Waals surface area contributed by atoms with Gasteiger partial charge in [-0.15, -0.1) is 0 Å². The van der Waals surface area contributed by atoms with E-state index in [0.29, 0.717) is 0 Å². The first-order valence-electron chi connectivity index (χ1n) is 2.62. The van der Waals surface area contributed by atoms with Crippen molar-refractivity contribution in [1.82, 2.24) is 0 Å². The van der Waals surface area contributed by atoms with Gasteiger partial charge in [-0.3, -0.25) is 0 Å². The van der Waals surface area contributed by atoms with E-state index < -0.39 is 5.60 Å². The van der Waals surface area contributed by atoms with E-state index in [4.69, 9.17) is 5.11 Å². The maximum atomic E-state index is 12.0. The minimum absolute atomic E-state index is 0.132. The summed E-state index contributed by atoms with van der Waals surface area (Å²) in [6.45, 7) is 4.52. The van der Waals surface area contributed by atoms with Crippen LogP contribution in [0.4, 0.5) is 4.39 Å². The Morgan fingerprint density at radius 1 is 1.62 bits per heavy atom. The van der Waals surface area contributed by atoms with Gasteiger partial charge in [-0.2, -0.15) is 0 Å². The molecule has 0 spiro atoms. The highest BCUT2D eigenvalue weighted by molar-refractivity contribution is 4.79. The summed E-state index contributed by atoms with van der Waals surface area (Å²) in [6, 6.07) is 0. The first-order valence-corrected chi connectivity index (χ1v) is 2.62. The van der Waals surface area contributed by atoms with Gasteiger partial charge in [-0.05, 0) is 20.8 Å². The second kappa shape index (κ2) is 2.44. The van der Waals surface area contributed by atoms with E-state index >= 15 is 0 Å². The van der Waals surface area contributed by atoms with Crippen LogP contribution in [-0.2, 0) is 0 Å². The highest BCUT2D eigenvalue weighted by Crippen LogP contribution is 2.17. The second-order valence-electron chi connectivity index (χ2n) is 2.67. The van der Waals surface area contributed by atoms with Gasteiger partial charge in [0.25, 0.3) is 0 Å². The fraction of sp³-hybridized carbons (Fsp3) is 0.833. The quantitative estimate of drug-likeness (QED) is 0.586. The molecule has 1 N–H and O–H groups in total. The van der Waals surface area contributed by atoms with Crippen molar-refractivity contribution in [3.8, 4) is 0 Å². The lowest BCUT2D eigenvalue weighted by atomic mass is 10.0. The highest BCUT2D eigenvalue weighted by atomic mass is 19.1. The summed E-state index contributed by atoms with van der Waals surface area (Å²) in [4.78, 5) is 0. The summed E-state index contributed by atoms with van der Waals surface area (Å²) in [5.74, 6) is 0. The molecule has 1 radical (unpaired) electrons. The normalized spacial score (nSPS) is 12.8. The molecule has 0 fully saturated rings. The topological polar surface area (TPSA) is 20.2 Å². The number of rotatable bonds is 2.